The van der Waals surface area contributed by atoms with E-state index in [2.05, 4.69) is 37.8 Å². The van der Waals surface area contributed by atoms with Gasteiger partial charge in [-0.05, 0) is 12.5 Å². The minimum absolute atomic E-state index is 0.0621. The van der Waals surface area contributed by atoms with Crippen LogP contribution < -0.4 is 4.90 Å². The lowest BCUT2D eigenvalue weighted by Crippen LogP contribution is -2.46. The zero-order chi connectivity index (χ0) is 18.6. The molecule has 0 saturated carbocycles. The first-order valence-corrected chi connectivity index (χ1v) is 9.41. The van der Waals surface area contributed by atoms with E-state index in [4.69, 9.17) is 4.42 Å². The van der Waals surface area contributed by atoms with Crippen molar-refractivity contribution >= 4 is 11.9 Å². The van der Waals surface area contributed by atoms with Gasteiger partial charge in [0.1, 0.15) is 6.26 Å². The highest BCUT2D eigenvalue weighted by Gasteiger charge is 2.27. The Labute approximate surface area is 158 Å². The lowest BCUT2D eigenvalue weighted by molar-refractivity contribution is 0.0741. The molecule has 0 unspecified atom stereocenters. The molecule has 2 aromatic heterocycles. The molecule has 0 bridgehead atoms. The number of carbonyl (C=O) groups excluding carboxylic acids is 1. The van der Waals surface area contributed by atoms with E-state index in [1.165, 1.54) is 6.26 Å². The van der Waals surface area contributed by atoms with Crippen molar-refractivity contribution in [2.24, 2.45) is 0 Å². The Balaban J connectivity index is 1.32. The smallest absolute Gasteiger partial charge is 0.276 e. The highest BCUT2D eigenvalue weighted by Crippen LogP contribution is 2.18. The summed E-state index contributed by atoms with van der Waals surface area (Å²) in [6.07, 6.45) is 10.0. The molecule has 1 saturated heterocycles. The molecule has 0 aromatic carbocycles. The molecular weight excluding hydrogens is 344 g/mol. The van der Waals surface area contributed by atoms with Gasteiger partial charge in [-0.15, -0.1) is 0 Å². The van der Waals surface area contributed by atoms with Gasteiger partial charge in [0.05, 0.1) is 12.6 Å². The van der Waals surface area contributed by atoms with Gasteiger partial charge < -0.3 is 14.2 Å². The molecule has 4 rings (SSSR count). The maximum atomic E-state index is 12.7. The first kappa shape index (κ1) is 17.7. The maximum absolute atomic E-state index is 12.7. The summed E-state index contributed by atoms with van der Waals surface area (Å²) in [5.74, 6) is 1.29. The summed E-state index contributed by atoms with van der Waals surface area (Å²) in [7, 11) is 0. The summed E-state index contributed by atoms with van der Waals surface area (Å²) in [6, 6.07) is 1.98. The van der Waals surface area contributed by atoms with Crippen molar-refractivity contribution < 1.29 is 9.21 Å². The predicted molar refractivity (Wildman–Crippen MR) is 100 cm³/mol. The Morgan fingerprint density at radius 3 is 2.74 bits per heavy atom. The van der Waals surface area contributed by atoms with Crippen molar-refractivity contribution in [3.8, 4) is 0 Å². The van der Waals surface area contributed by atoms with E-state index < -0.39 is 0 Å². The van der Waals surface area contributed by atoms with Crippen molar-refractivity contribution in [3.05, 3.63) is 48.5 Å². The fraction of sp³-hybridized carbons (Fsp3) is 0.474. The number of piperazine rings is 1. The van der Waals surface area contributed by atoms with Crippen molar-refractivity contribution in [1.29, 1.82) is 0 Å². The molecule has 2 aliphatic rings. The molecule has 1 amide bonds. The van der Waals surface area contributed by atoms with Gasteiger partial charge in [-0.25, -0.2) is 15.0 Å². The number of carbonyl (C=O) groups is 1. The molecule has 1 fully saturated rings. The van der Waals surface area contributed by atoms with Crippen LogP contribution in [0.5, 0.6) is 0 Å². The third kappa shape index (κ3) is 3.85. The van der Waals surface area contributed by atoms with Gasteiger partial charge in [-0.3, -0.25) is 9.69 Å². The van der Waals surface area contributed by atoms with E-state index in [0.717, 1.165) is 38.5 Å². The molecule has 0 N–H and O–H groups in total. The quantitative estimate of drug-likeness (QED) is 0.741. The first-order valence-electron chi connectivity index (χ1n) is 9.41. The molecule has 142 valence electrons. The number of rotatable bonds is 5. The largest absolute Gasteiger partial charge is 0.447 e. The Morgan fingerprint density at radius 2 is 2.00 bits per heavy atom. The topological polar surface area (TPSA) is 78.6 Å². The summed E-state index contributed by atoms with van der Waals surface area (Å²) in [5.41, 5.74) is 0.392. The van der Waals surface area contributed by atoms with Crippen LogP contribution in [0.4, 0.5) is 5.95 Å². The molecular formula is C19H24N6O2. The monoisotopic (exact) mass is 368 g/mol. The zero-order valence-electron chi connectivity index (χ0n) is 15.5. The number of hydrogen-bond donors (Lipinski definition) is 0. The summed E-state index contributed by atoms with van der Waals surface area (Å²) in [6.45, 7) is 6.78. The number of nitrogens with zero attached hydrogens (tertiary/aromatic N) is 6. The number of amides is 1. The van der Waals surface area contributed by atoms with E-state index in [1.54, 1.807) is 12.4 Å². The normalized spacial score (nSPS) is 20.4. The van der Waals surface area contributed by atoms with Crippen LogP contribution in [0, 0.1) is 0 Å². The van der Waals surface area contributed by atoms with Crippen LogP contribution >= 0.6 is 0 Å². The van der Waals surface area contributed by atoms with E-state index in [0.29, 0.717) is 24.7 Å². The Bertz CT molecular complexity index is 798. The molecule has 2 aromatic rings. The minimum atomic E-state index is -0.0621. The lowest BCUT2D eigenvalue weighted by Gasteiger charge is -2.33. The second-order valence-corrected chi connectivity index (χ2v) is 6.80. The second kappa shape index (κ2) is 7.87. The highest BCUT2D eigenvalue weighted by atomic mass is 16.3. The molecule has 4 heterocycles. The average molecular weight is 368 g/mol. The van der Waals surface area contributed by atoms with E-state index in [-0.39, 0.29) is 11.9 Å². The maximum Gasteiger partial charge on any atom is 0.276 e. The molecule has 8 heteroatoms. The molecule has 0 spiro atoms. The lowest BCUT2D eigenvalue weighted by atomic mass is 10.2. The minimum Gasteiger partial charge on any atom is -0.447 e. The van der Waals surface area contributed by atoms with Gasteiger partial charge in [0.25, 0.3) is 5.91 Å². The molecule has 27 heavy (non-hydrogen) atoms. The van der Waals surface area contributed by atoms with Gasteiger partial charge in [0.15, 0.2) is 5.69 Å². The van der Waals surface area contributed by atoms with Gasteiger partial charge in [0, 0.05) is 45.1 Å². The van der Waals surface area contributed by atoms with Crippen molar-refractivity contribution in [3.63, 3.8) is 0 Å². The molecule has 0 radical (unpaired) electrons. The molecule has 0 aliphatic carbocycles. The van der Waals surface area contributed by atoms with Gasteiger partial charge in [-0.2, -0.15) is 0 Å². The van der Waals surface area contributed by atoms with Crippen LogP contribution in [0.3, 0.4) is 0 Å². The standard InChI is InChI=1S/C19H24N6O2/c1-2-15-5-3-8-25(15)18(26)16-14-27-17(22-16)13-23-9-11-24(12-10-23)19-20-6-4-7-21-19/h3-7,14-15H,2,8-13H2,1H3/t15-/m1/s1. The molecule has 8 nitrogen and oxygen atoms in total. The average Bonchev–Trinajstić information content (AvgIpc) is 3.38. The van der Waals surface area contributed by atoms with E-state index in [9.17, 15) is 4.79 Å². The number of oxazole rings is 1. The van der Waals surface area contributed by atoms with Gasteiger partial charge in [-0.1, -0.05) is 19.1 Å². The molecule has 1 atom stereocenters. The van der Waals surface area contributed by atoms with E-state index >= 15 is 0 Å². The predicted octanol–water partition coefficient (Wildman–Crippen LogP) is 1.58. The zero-order valence-corrected chi connectivity index (χ0v) is 15.5. The Kier molecular flexibility index (Phi) is 5.15. The van der Waals surface area contributed by atoms with Crippen LogP contribution in [0.15, 0.2) is 41.3 Å². The molecule has 2 aliphatic heterocycles. The van der Waals surface area contributed by atoms with Crippen LogP contribution in [-0.4, -0.2) is 69.4 Å². The van der Waals surface area contributed by atoms with Crippen LogP contribution in [-0.2, 0) is 6.54 Å². The number of aromatic nitrogens is 3. The Morgan fingerprint density at radius 1 is 1.22 bits per heavy atom. The van der Waals surface area contributed by atoms with Crippen molar-refractivity contribution in [1.82, 2.24) is 24.8 Å². The van der Waals surface area contributed by atoms with Gasteiger partial charge >= 0.3 is 0 Å². The summed E-state index contributed by atoms with van der Waals surface area (Å²) < 4.78 is 5.57. The Hall–Kier alpha value is -2.74. The third-order valence-electron chi connectivity index (χ3n) is 5.08. The highest BCUT2D eigenvalue weighted by molar-refractivity contribution is 5.92. The van der Waals surface area contributed by atoms with Crippen molar-refractivity contribution in [2.75, 3.05) is 37.6 Å². The first-order chi connectivity index (χ1) is 13.2. The summed E-state index contributed by atoms with van der Waals surface area (Å²) in [4.78, 5) is 32.0. The van der Waals surface area contributed by atoms with Crippen LogP contribution in [0.2, 0.25) is 0 Å². The SMILES string of the molecule is CC[C@@H]1C=CCN1C(=O)c1coc(CN2CCN(c3ncccn3)CC2)n1. The number of anilines is 1. The fourth-order valence-corrected chi connectivity index (χ4v) is 3.54. The second-order valence-electron chi connectivity index (χ2n) is 6.80. The summed E-state index contributed by atoms with van der Waals surface area (Å²) in [5, 5.41) is 0. The van der Waals surface area contributed by atoms with E-state index in [1.807, 2.05) is 17.0 Å². The fourth-order valence-electron chi connectivity index (χ4n) is 3.54. The van der Waals surface area contributed by atoms with Crippen LogP contribution in [0.1, 0.15) is 29.7 Å². The summed E-state index contributed by atoms with van der Waals surface area (Å²) >= 11 is 0. The third-order valence-corrected chi connectivity index (χ3v) is 5.08. The number of hydrogen-bond acceptors (Lipinski definition) is 7. The van der Waals surface area contributed by atoms with Gasteiger partial charge in [0.2, 0.25) is 11.8 Å². The van der Waals surface area contributed by atoms with Crippen molar-refractivity contribution in [2.45, 2.75) is 25.9 Å². The van der Waals surface area contributed by atoms with Crippen LogP contribution in [0.25, 0.3) is 0 Å².